The van der Waals surface area contributed by atoms with Crippen LogP contribution in [0.1, 0.15) is 51.9 Å². The molecule has 1 heteroatoms. The van der Waals surface area contributed by atoms with Crippen LogP contribution in [0.15, 0.2) is 24.3 Å². The molecule has 0 radical (unpaired) electrons. The van der Waals surface area contributed by atoms with Crippen LogP contribution < -0.4 is 0 Å². The molecular formula is C13H22O. The molecule has 0 aliphatic carbocycles. The Morgan fingerprint density at radius 2 is 1.50 bits per heavy atom. The Labute approximate surface area is 87.9 Å². The maximum Gasteiger partial charge on any atom is 0.119 e. The van der Waals surface area contributed by atoms with Gasteiger partial charge >= 0.3 is 0 Å². The summed E-state index contributed by atoms with van der Waals surface area (Å²) in [5.74, 6) is 0. The van der Waals surface area contributed by atoms with E-state index in [0.29, 0.717) is 0 Å². The van der Waals surface area contributed by atoms with Crippen LogP contribution in [0, 0.1) is 0 Å². The van der Waals surface area contributed by atoms with Gasteiger partial charge < -0.3 is 4.79 Å². The summed E-state index contributed by atoms with van der Waals surface area (Å²) < 4.78 is 0. The fourth-order valence-corrected chi connectivity index (χ4v) is 1.23. The Balaban J connectivity index is 3.08. The summed E-state index contributed by atoms with van der Waals surface area (Å²) in [6, 6.07) is 0. The monoisotopic (exact) mass is 194 g/mol. The van der Waals surface area contributed by atoms with Gasteiger partial charge in [0.2, 0.25) is 0 Å². The molecule has 0 unspecified atom stereocenters. The molecule has 0 N–H and O–H groups in total. The molecule has 0 bridgehead atoms. The van der Waals surface area contributed by atoms with E-state index >= 15 is 0 Å². The quantitative estimate of drug-likeness (QED) is 0.307. The Morgan fingerprint density at radius 1 is 0.857 bits per heavy atom. The predicted molar refractivity (Wildman–Crippen MR) is 62.3 cm³/mol. The normalized spacial score (nSPS) is 11.5. The summed E-state index contributed by atoms with van der Waals surface area (Å²) in [5, 5.41) is 0. The van der Waals surface area contributed by atoms with Gasteiger partial charge in [0.25, 0.3) is 0 Å². The number of hydrogen-bond donors (Lipinski definition) is 0. The van der Waals surface area contributed by atoms with Gasteiger partial charge in [-0.15, -0.1) is 0 Å². The summed E-state index contributed by atoms with van der Waals surface area (Å²) in [7, 11) is 0. The zero-order chi connectivity index (χ0) is 10.5. The second-order valence-corrected chi connectivity index (χ2v) is 3.42. The molecule has 0 aliphatic rings. The van der Waals surface area contributed by atoms with Crippen LogP contribution in [0.5, 0.6) is 0 Å². The lowest BCUT2D eigenvalue weighted by atomic mass is 10.1. The van der Waals surface area contributed by atoms with E-state index in [1.165, 1.54) is 19.3 Å². The van der Waals surface area contributed by atoms with Crippen LogP contribution in [0.3, 0.4) is 0 Å². The topological polar surface area (TPSA) is 17.1 Å². The molecule has 0 aromatic rings. The molecule has 0 saturated carbocycles. The van der Waals surface area contributed by atoms with Gasteiger partial charge in [-0.2, -0.15) is 0 Å². The molecule has 0 aromatic heterocycles. The third-order valence-corrected chi connectivity index (χ3v) is 2.06. The van der Waals surface area contributed by atoms with Crippen LogP contribution in [0.4, 0.5) is 0 Å². The van der Waals surface area contributed by atoms with Crippen LogP contribution in [-0.2, 0) is 4.79 Å². The van der Waals surface area contributed by atoms with Crippen LogP contribution in [0.25, 0.3) is 0 Å². The first-order valence-corrected chi connectivity index (χ1v) is 5.67. The highest BCUT2D eigenvalue weighted by Gasteiger charge is 1.87. The highest BCUT2D eigenvalue weighted by atomic mass is 16.1. The first-order valence-electron chi connectivity index (χ1n) is 5.67. The number of unbranched alkanes of at least 4 members (excludes halogenated alkanes) is 5. The molecular weight excluding hydrogens is 172 g/mol. The van der Waals surface area contributed by atoms with Crippen molar-refractivity contribution in [3.05, 3.63) is 24.3 Å². The Kier molecular flexibility index (Phi) is 11.4. The average Bonchev–Trinajstić information content (AvgIpc) is 2.21. The van der Waals surface area contributed by atoms with E-state index < -0.39 is 0 Å². The summed E-state index contributed by atoms with van der Waals surface area (Å²) in [6.45, 7) is 2.14. The smallest absolute Gasteiger partial charge is 0.119 e. The standard InChI is InChI=1S/C13H22O/c1-2-3-4-5-6-7-8-9-10-11-12-13-14/h3-6,13H,2,7-12H2,1H3. The van der Waals surface area contributed by atoms with Crippen molar-refractivity contribution in [2.24, 2.45) is 0 Å². The highest BCUT2D eigenvalue weighted by molar-refractivity contribution is 5.48. The van der Waals surface area contributed by atoms with Gasteiger partial charge in [-0.3, -0.25) is 0 Å². The van der Waals surface area contributed by atoms with Crippen molar-refractivity contribution >= 4 is 6.29 Å². The van der Waals surface area contributed by atoms with Gasteiger partial charge in [0.1, 0.15) is 6.29 Å². The lowest BCUT2D eigenvalue weighted by Crippen LogP contribution is -1.78. The van der Waals surface area contributed by atoms with Crippen molar-refractivity contribution in [2.45, 2.75) is 51.9 Å². The lowest BCUT2D eigenvalue weighted by Gasteiger charge is -1.94. The Morgan fingerprint density at radius 3 is 2.14 bits per heavy atom. The molecule has 0 aromatic carbocycles. The number of carbonyl (C=O) groups is 1. The van der Waals surface area contributed by atoms with E-state index in [1.54, 1.807) is 0 Å². The lowest BCUT2D eigenvalue weighted by molar-refractivity contribution is -0.107. The van der Waals surface area contributed by atoms with E-state index in [1.807, 2.05) is 0 Å². The van der Waals surface area contributed by atoms with Crippen molar-refractivity contribution < 1.29 is 4.79 Å². The molecule has 0 atom stereocenters. The van der Waals surface area contributed by atoms with Gasteiger partial charge in [-0.1, -0.05) is 44.1 Å². The predicted octanol–water partition coefficient (Wildman–Crippen LogP) is 4.05. The van der Waals surface area contributed by atoms with Gasteiger partial charge in [-0.05, 0) is 25.7 Å². The van der Waals surface area contributed by atoms with Crippen LogP contribution in [0.2, 0.25) is 0 Å². The Hall–Kier alpha value is -0.850. The summed E-state index contributed by atoms with van der Waals surface area (Å²) in [6.07, 6.45) is 17.3. The first-order chi connectivity index (χ1) is 6.91. The Bertz CT molecular complexity index is 168. The third kappa shape index (κ3) is 11.2. The molecule has 14 heavy (non-hydrogen) atoms. The van der Waals surface area contributed by atoms with Crippen molar-refractivity contribution in [2.75, 3.05) is 0 Å². The van der Waals surface area contributed by atoms with Crippen molar-refractivity contribution in [3.8, 4) is 0 Å². The molecule has 0 saturated heterocycles. The summed E-state index contributed by atoms with van der Waals surface area (Å²) >= 11 is 0. The zero-order valence-electron chi connectivity index (χ0n) is 9.24. The zero-order valence-corrected chi connectivity index (χ0v) is 9.24. The van der Waals surface area contributed by atoms with E-state index in [-0.39, 0.29) is 0 Å². The number of hydrogen-bond acceptors (Lipinski definition) is 1. The second-order valence-electron chi connectivity index (χ2n) is 3.42. The molecule has 0 rings (SSSR count). The van der Waals surface area contributed by atoms with Crippen molar-refractivity contribution in [1.29, 1.82) is 0 Å². The molecule has 80 valence electrons. The van der Waals surface area contributed by atoms with E-state index in [2.05, 4.69) is 31.2 Å². The van der Waals surface area contributed by atoms with Gasteiger partial charge in [0.15, 0.2) is 0 Å². The molecule has 0 amide bonds. The minimum Gasteiger partial charge on any atom is -0.303 e. The summed E-state index contributed by atoms with van der Waals surface area (Å²) in [5.41, 5.74) is 0. The molecule has 1 nitrogen and oxygen atoms in total. The number of rotatable bonds is 9. The van der Waals surface area contributed by atoms with Crippen molar-refractivity contribution in [1.82, 2.24) is 0 Å². The van der Waals surface area contributed by atoms with E-state index in [0.717, 1.165) is 32.0 Å². The number of aldehydes is 1. The maximum absolute atomic E-state index is 10.0. The van der Waals surface area contributed by atoms with Crippen LogP contribution >= 0.6 is 0 Å². The maximum atomic E-state index is 10.0. The third-order valence-electron chi connectivity index (χ3n) is 2.06. The van der Waals surface area contributed by atoms with Gasteiger partial charge in [0.05, 0.1) is 0 Å². The fourth-order valence-electron chi connectivity index (χ4n) is 1.23. The molecule has 0 fully saturated rings. The van der Waals surface area contributed by atoms with E-state index in [4.69, 9.17) is 0 Å². The van der Waals surface area contributed by atoms with Gasteiger partial charge in [0, 0.05) is 6.42 Å². The van der Waals surface area contributed by atoms with Crippen molar-refractivity contribution in [3.63, 3.8) is 0 Å². The number of allylic oxidation sites excluding steroid dienone is 4. The largest absolute Gasteiger partial charge is 0.303 e. The summed E-state index contributed by atoms with van der Waals surface area (Å²) in [4.78, 5) is 10.0. The number of carbonyl (C=O) groups excluding carboxylic acids is 1. The average molecular weight is 194 g/mol. The van der Waals surface area contributed by atoms with Gasteiger partial charge in [-0.25, -0.2) is 0 Å². The molecule has 0 aliphatic heterocycles. The molecule has 0 spiro atoms. The van der Waals surface area contributed by atoms with Crippen LogP contribution in [-0.4, -0.2) is 6.29 Å². The first kappa shape index (κ1) is 13.2. The molecule has 0 heterocycles. The minimum absolute atomic E-state index is 0.731. The highest BCUT2D eigenvalue weighted by Crippen LogP contribution is 2.04. The van der Waals surface area contributed by atoms with E-state index in [9.17, 15) is 4.79 Å². The SMILES string of the molecule is CCC=CC=CCCCCCCC=O. The fraction of sp³-hybridized carbons (Fsp3) is 0.615. The minimum atomic E-state index is 0.731. The second kappa shape index (κ2) is 12.2.